The Balaban J connectivity index is 2.02. The zero-order valence-corrected chi connectivity index (χ0v) is 10.6. The second-order valence-electron chi connectivity index (χ2n) is 3.82. The maximum atomic E-state index is 12.0. The first-order valence-electron chi connectivity index (χ1n) is 5.20. The van der Waals surface area contributed by atoms with Gasteiger partial charge in [0, 0.05) is 37.6 Å². The monoisotopic (exact) mass is 259 g/mol. The Hall–Kier alpha value is -0.520. The lowest BCUT2D eigenvalue weighted by Gasteiger charge is -2.22. The minimum atomic E-state index is 0.0602. The van der Waals surface area contributed by atoms with E-state index in [1.807, 2.05) is 11.8 Å². The Kier molecular flexibility index (Phi) is 3.89. The summed E-state index contributed by atoms with van der Waals surface area (Å²) in [5, 5.41) is 7.75. The molecule has 1 unspecified atom stereocenters. The van der Waals surface area contributed by atoms with Crippen LogP contribution in [0.1, 0.15) is 16.9 Å². The summed E-state index contributed by atoms with van der Waals surface area (Å²) in [6, 6.07) is 0.261. The highest BCUT2D eigenvalue weighted by Crippen LogP contribution is 2.18. The van der Waals surface area contributed by atoms with Crippen molar-refractivity contribution < 1.29 is 4.79 Å². The molecule has 0 aromatic carbocycles. The Bertz CT molecular complexity index is 368. The number of Topliss-reactive ketones (excluding diaryl/α,β-unsaturated/α-hetero) is 1. The number of nitrogens with zero attached hydrogens (tertiary/aromatic N) is 2. The molecule has 1 atom stereocenters. The number of halogens is 1. The number of ketones is 1. The molecule has 4 nitrogen and oxygen atoms in total. The minimum Gasteiger partial charge on any atom is -0.312 e. The highest BCUT2D eigenvalue weighted by atomic mass is 35.5. The number of carbonyl (C=O) groups is 1. The van der Waals surface area contributed by atoms with Crippen molar-refractivity contribution in [2.45, 2.75) is 12.5 Å². The number of aryl methyl sites for hydroxylation is 1. The van der Waals surface area contributed by atoms with Crippen LogP contribution in [0.2, 0.25) is 5.02 Å². The topological polar surface area (TPSA) is 46.9 Å². The third-order valence-electron chi connectivity index (χ3n) is 2.59. The first-order chi connectivity index (χ1) is 7.68. The van der Waals surface area contributed by atoms with E-state index >= 15 is 0 Å². The van der Waals surface area contributed by atoms with Gasteiger partial charge in [0.2, 0.25) is 0 Å². The Morgan fingerprint density at radius 3 is 3.19 bits per heavy atom. The van der Waals surface area contributed by atoms with Crippen LogP contribution in [0, 0.1) is 0 Å². The van der Waals surface area contributed by atoms with Gasteiger partial charge in [0.05, 0.1) is 11.2 Å². The largest absolute Gasteiger partial charge is 0.312 e. The molecule has 16 heavy (non-hydrogen) atoms. The van der Waals surface area contributed by atoms with Crippen LogP contribution in [0.15, 0.2) is 6.20 Å². The van der Waals surface area contributed by atoms with Gasteiger partial charge in [-0.05, 0) is 0 Å². The lowest BCUT2D eigenvalue weighted by Crippen LogP contribution is -2.39. The predicted molar refractivity (Wildman–Crippen MR) is 66.3 cm³/mol. The molecule has 0 radical (unpaired) electrons. The van der Waals surface area contributed by atoms with Gasteiger partial charge < -0.3 is 5.32 Å². The van der Waals surface area contributed by atoms with Crippen molar-refractivity contribution in [2.24, 2.45) is 7.05 Å². The van der Waals surface area contributed by atoms with E-state index in [4.69, 9.17) is 11.6 Å². The van der Waals surface area contributed by atoms with Gasteiger partial charge in [-0.3, -0.25) is 9.48 Å². The maximum Gasteiger partial charge on any atom is 0.183 e. The molecule has 0 spiro atoms. The van der Waals surface area contributed by atoms with E-state index in [2.05, 4.69) is 10.4 Å². The van der Waals surface area contributed by atoms with Crippen LogP contribution in [0.3, 0.4) is 0 Å². The number of carbonyl (C=O) groups excluding carboxylic acids is 1. The number of rotatable bonds is 3. The molecule has 6 heteroatoms. The van der Waals surface area contributed by atoms with Crippen LogP contribution in [0.25, 0.3) is 0 Å². The van der Waals surface area contributed by atoms with Gasteiger partial charge in [-0.1, -0.05) is 11.6 Å². The first kappa shape index (κ1) is 12.0. The van der Waals surface area contributed by atoms with E-state index in [-0.39, 0.29) is 11.8 Å². The van der Waals surface area contributed by atoms with Crippen LogP contribution >= 0.6 is 23.4 Å². The normalized spacial score (nSPS) is 21.0. The van der Waals surface area contributed by atoms with E-state index in [0.717, 1.165) is 18.1 Å². The smallest absolute Gasteiger partial charge is 0.183 e. The number of hydrogen-bond donors (Lipinski definition) is 1. The van der Waals surface area contributed by atoms with Crippen LogP contribution in [-0.4, -0.2) is 39.7 Å². The molecule has 0 bridgehead atoms. The average molecular weight is 260 g/mol. The van der Waals surface area contributed by atoms with Crippen LogP contribution in [0.5, 0.6) is 0 Å². The predicted octanol–water partition coefficient (Wildman–Crippen LogP) is 1.35. The third-order valence-corrected chi connectivity index (χ3v) is 4.00. The lowest BCUT2D eigenvalue weighted by atomic mass is 10.1. The fourth-order valence-corrected chi connectivity index (χ4v) is 3.02. The van der Waals surface area contributed by atoms with Gasteiger partial charge in [0.15, 0.2) is 5.78 Å². The van der Waals surface area contributed by atoms with Crippen molar-refractivity contribution >= 4 is 29.1 Å². The van der Waals surface area contributed by atoms with Crippen molar-refractivity contribution in [1.82, 2.24) is 15.1 Å². The second kappa shape index (κ2) is 5.21. The number of aromatic nitrogens is 2. The molecule has 1 fully saturated rings. The summed E-state index contributed by atoms with van der Waals surface area (Å²) in [5.74, 6) is 2.17. The molecule has 1 aromatic rings. The Labute approximate surface area is 104 Å². The average Bonchev–Trinajstić information content (AvgIpc) is 2.60. The molecule has 1 aliphatic rings. The van der Waals surface area contributed by atoms with Crippen molar-refractivity contribution in [3.05, 3.63) is 16.9 Å². The summed E-state index contributed by atoms with van der Waals surface area (Å²) in [5.41, 5.74) is 0.513. The van der Waals surface area contributed by atoms with Gasteiger partial charge >= 0.3 is 0 Å². The summed E-state index contributed by atoms with van der Waals surface area (Å²) in [4.78, 5) is 12.0. The standard InChI is InChI=1S/C10H14ClN3OS/c1-14-10(8(11)5-13-14)9(15)4-7-6-16-3-2-12-7/h5,7,12H,2-4,6H2,1H3. The van der Waals surface area contributed by atoms with Gasteiger partial charge in [0.1, 0.15) is 5.69 Å². The molecule has 88 valence electrons. The molecule has 2 heterocycles. The fraction of sp³-hybridized carbons (Fsp3) is 0.600. The Morgan fingerprint density at radius 1 is 1.81 bits per heavy atom. The molecule has 0 saturated carbocycles. The number of nitrogens with one attached hydrogen (secondary N) is 1. The highest BCUT2D eigenvalue weighted by Gasteiger charge is 2.21. The van der Waals surface area contributed by atoms with Crippen molar-refractivity contribution in [1.29, 1.82) is 0 Å². The maximum absolute atomic E-state index is 12.0. The van der Waals surface area contributed by atoms with Crippen molar-refractivity contribution in [3.63, 3.8) is 0 Å². The summed E-state index contributed by atoms with van der Waals surface area (Å²) >= 11 is 7.81. The van der Waals surface area contributed by atoms with Crippen LogP contribution in [0.4, 0.5) is 0 Å². The fourth-order valence-electron chi connectivity index (χ4n) is 1.80. The molecule has 0 aliphatic carbocycles. The van der Waals surface area contributed by atoms with Crippen molar-refractivity contribution in [2.75, 3.05) is 18.1 Å². The quantitative estimate of drug-likeness (QED) is 0.833. The highest BCUT2D eigenvalue weighted by molar-refractivity contribution is 7.99. The summed E-state index contributed by atoms with van der Waals surface area (Å²) in [6.07, 6.45) is 2.00. The molecule has 2 rings (SSSR count). The lowest BCUT2D eigenvalue weighted by molar-refractivity contribution is 0.0963. The number of thioether (sulfide) groups is 1. The first-order valence-corrected chi connectivity index (χ1v) is 6.73. The van der Waals surface area contributed by atoms with E-state index in [1.54, 1.807) is 11.7 Å². The van der Waals surface area contributed by atoms with Crippen molar-refractivity contribution in [3.8, 4) is 0 Å². The molecule has 1 aromatic heterocycles. The molecule has 1 saturated heterocycles. The zero-order chi connectivity index (χ0) is 11.5. The van der Waals surface area contributed by atoms with E-state index in [0.29, 0.717) is 17.1 Å². The summed E-state index contributed by atoms with van der Waals surface area (Å²) in [6.45, 7) is 0.974. The summed E-state index contributed by atoms with van der Waals surface area (Å²) in [7, 11) is 1.74. The molecule has 0 amide bonds. The van der Waals surface area contributed by atoms with E-state index in [1.165, 1.54) is 6.20 Å². The Morgan fingerprint density at radius 2 is 2.62 bits per heavy atom. The van der Waals surface area contributed by atoms with Gasteiger partial charge in [-0.25, -0.2) is 0 Å². The molecule has 1 N–H and O–H groups in total. The van der Waals surface area contributed by atoms with Gasteiger partial charge in [-0.15, -0.1) is 0 Å². The summed E-state index contributed by atoms with van der Waals surface area (Å²) < 4.78 is 1.54. The minimum absolute atomic E-state index is 0.0602. The van der Waals surface area contributed by atoms with Gasteiger partial charge in [0.25, 0.3) is 0 Å². The van der Waals surface area contributed by atoms with Crippen LogP contribution in [-0.2, 0) is 7.05 Å². The number of hydrogen-bond acceptors (Lipinski definition) is 4. The van der Waals surface area contributed by atoms with E-state index in [9.17, 15) is 4.79 Å². The molecular formula is C10H14ClN3OS. The van der Waals surface area contributed by atoms with Crippen LogP contribution < -0.4 is 5.32 Å². The van der Waals surface area contributed by atoms with E-state index < -0.39 is 0 Å². The molecular weight excluding hydrogens is 246 g/mol. The molecule has 1 aliphatic heterocycles. The second-order valence-corrected chi connectivity index (χ2v) is 5.38. The SMILES string of the molecule is Cn1ncc(Cl)c1C(=O)CC1CSCCN1. The van der Waals surface area contributed by atoms with Gasteiger partial charge in [-0.2, -0.15) is 16.9 Å². The third kappa shape index (κ3) is 2.59. The zero-order valence-electron chi connectivity index (χ0n) is 9.07.